The van der Waals surface area contributed by atoms with Crippen molar-refractivity contribution in [3.63, 3.8) is 0 Å². The van der Waals surface area contributed by atoms with Gasteiger partial charge < -0.3 is 19.3 Å². The number of benzene rings is 1. The van der Waals surface area contributed by atoms with E-state index in [1.165, 1.54) is 0 Å². The van der Waals surface area contributed by atoms with Crippen molar-refractivity contribution in [3.05, 3.63) is 77.7 Å². The molecule has 8 heteroatoms. The lowest BCUT2D eigenvalue weighted by Gasteiger charge is -2.41. The van der Waals surface area contributed by atoms with E-state index in [1.54, 1.807) is 54.4 Å². The molecule has 2 amide bonds. The highest BCUT2D eigenvalue weighted by Crippen LogP contribution is 2.30. The summed E-state index contributed by atoms with van der Waals surface area (Å²) in [5, 5.41) is 0. The van der Waals surface area contributed by atoms with Crippen molar-refractivity contribution < 1.29 is 19.1 Å². The van der Waals surface area contributed by atoms with Crippen LogP contribution in [0.25, 0.3) is 0 Å². The Hall–Kier alpha value is -3.94. The van der Waals surface area contributed by atoms with Gasteiger partial charge in [-0.2, -0.15) is 0 Å². The number of piperazine rings is 1. The molecule has 1 saturated heterocycles. The maximum atomic E-state index is 13.5. The predicted molar refractivity (Wildman–Crippen MR) is 122 cm³/mol. The van der Waals surface area contributed by atoms with Crippen LogP contribution < -0.4 is 9.47 Å². The van der Waals surface area contributed by atoms with Gasteiger partial charge in [0.2, 0.25) is 11.8 Å². The van der Waals surface area contributed by atoms with Crippen LogP contribution in [0.3, 0.4) is 0 Å². The molecule has 1 aromatic carbocycles. The van der Waals surface area contributed by atoms with Gasteiger partial charge in [0.15, 0.2) is 0 Å². The predicted octanol–water partition coefficient (Wildman–Crippen LogP) is 3.63. The average Bonchev–Trinajstić information content (AvgIpc) is 2.85. The summed E-state index contributed by atoms with van der Waals surface area (Å²) in [6.45, 7) is 4.67. The van der Waals surface area contributed by atoms with Crippen molar-refractivity contribution in [1.82, 2.24) is 19.8 Å². The zero-order valence-corrected chi connectivity index (χ0v) is 18.9. The molecule has 0 saturated carbocycles. The number of rotatable bonds is 5. The van der Waals surface area contributed by atoms with Gasteiger partial charge in [0, 0.05) is 38.4 Å². The van der Waals surface area contributed by atoms with Crippen molar-refractivity contribution in [2.24, 2.45) is 0 Å². The highest BCUT2D eigenvalue weighted by atomic mass is 16.5. The molecule has 1 aliphatic rings. The summed E-state index contributed by atoms with van der Waals surface area (Å²) in [6, 6.07) is 14.3. The van der Waals surface area contributed by atoms with Crippen LogP contribution in [0, 0.1) is 6.92 Å². The van der Waals surface area contributed by atoms with Crippen molar-refractivity contribution in [3.8, 4) is 17.4 Å². The van der Waals surface area contributed by atoms with Crippen LogP contribution in [0.15, 0.2) is 60.9 Å². The topological polar surface area (TPSA) is 84.9 Å². The number of aryl methyl sites for hydroxylation is 1. The van der Waals surface area contributed by atoms with E-state index in [4.69, 9.17) is 9.47 Å². The molecule has 0 radical (unpaired) electrons. The summed E-state index contributed by atoms with van der Waals surface area (Å²) >= 11 is 0. The number of amides is 2. The van der Waals surface area contributed by atoms with Crippen molar-refractivity contribution in [2.45, 2.75) is 19.9 Å². The molecule has 0 N–H and O–H groups in total. The molecular weight excluding hydrogens is 420 g/mol. The summed E-state index contributed by atoms with van der Waals surface area (Å²) in [7, 11) is 1.61. The lowest BCUT2D eigenvalue weighted by atomic mass is 10.0. The largest absolute Gasteiger partial charge is 0.497 e. The molecule has 1 aliphatic heterocycles. The van der Waals surface area contributed by atoms with Crippen molar-refractivity contribution in [1.29, 1.82) is 0 Å². The third-order valence-electron chi connectivity index (χ3n) is 5.67. The summed E-state index contributed by atoms with van der Waals surface area (Å²) in [6.07, 6.45) is 3.19. The Kier molecular flexibility index (Phi) is 6.53. The van der Waals surface area contributed by atoms with E-state index in [2.05, 4.69) is 9.97 Å². The van der Waals surface area contributed by atoms with Gasteiger partial charge in [-0.3, -0.25) is 14.6 Å². The van der Waals surface area contributed by atoms with E-state index in [9.17, 15) is 9.59 Å². The van der Waals surface area contributed by atoms with E-state index in [0.717, 1.165) is 17.0 Å². The van der Waals surface area contributed by atoms with E-state index < -0.39 is 0 Å². The molecule has 1 fully saturated rings. The number of aromatic nitrogens is 2. The lowest BCUT2D eigenvalue weighted by Crippen LogP contribution is -2.51. The Labute approximate surface area is 192 Å². The quantitative estimate of drug-likeness (QED) is 0.595. The zero-order valence-electron chi connectivity index (χ0n) is 18.9. The van der Waals surface area contributed by atoms with Crippen LogP contribution in [-0.4, -0.2) is 58.3 Å². The highest BCUT2D eigenvalue weighted by Gasteiger charge is 2.33. The van der Waals surface area contributed by atoms with Gasteiger partial charge in [-0.1, -0.05) is 12.1 Å². The molecule has 2 aromatic heterocycles. The fourth-order valence-corrected chi connectivity index (χ4v) is 3.89. The summed E-state index contributed by atoms with van der Waals surface area (Å²) in [5.41, 5.74) is 2.17. The van der Waals surface area contributed by atoms with E-state index in [0.29, 0.717) is 30.9 Å². The Morgan fingerprint density at radius 1 is 1.00 bits per heavy atom. The number of carbonyl (C=O) groups is 2. The molecule has 0 bridgehead atoms. The third kappa shape index (κ3) is 4.95. The van der Waals surface area contributed by atoms with Gasteiger partial charge in [-0.15, -0.1) is 0 Å². The number of hydrogen-bond acceptors (Lipinski definition) is 6. The smallest absolute Gasteiger partial charge is 0.259 e. The monoisotopic (exact) mass is 446 g/mol. The lowest BCUT2D eigenvalue weighted by molar-refractivity contribution is -0.133. The van der Waals surface area contributed by atoms with Gasteiger partial charge in [0.1, 0.15) is 17.1 Å². The molecular formula is C25H26N4O4. The zero-order chi connectivity index (χ0) is 23.4. The standard InChI is InChI=1S/C25H26N4O4/c1-17-6-9-21(15-27-17)33-24-22(5-4-12-26-24)25(31)28-13-14-29(18(2)30)23(16-28)19-7-10-20(32-3)11-8-19/h4-12,15,23H,13-14,16H2,1-3H3/t23-/m1/s1. The number of ether oxygens (including phenoxy) is 2. The summed E-state index contributed by atoms with van der Waals surface area (Å²) in [4.78, 5) is 37.8. The first-order valence-electron chi connectivity index (χ1n) is 10.7. The van der Waals surface area contributed by atoms with Crippen LogP contribution in [0.1, 0.15) is 34.6 Å². The molecule has 1 atom stereocenters. The molecule has 8 nitrogen and oxygen atoms in total. The highest BCUT2D eigenvalue weighted by molar-refractivity contribution is 5.96. The molecule has 0 spiro atoms. The molecule has 0 unspecified atom stereocenters. The van der Waals surface area contributed by atoms with Gasteiger partial charge in [0.05, 0.1) is 19.3 Å². The van der Waals surface area contributed by atoms with E-state index in [1.807, 2.05) is 37.3 Å². The van der Waals surface area contributed by atoms with Crippen LogP contribution in [0.2, 0.25) is 0 Å². The minimum atomic E-state index is -0.256. The Morgan fingerprint density at radius 2 is 1.76 bits per heavy atom. The number of carbonyl (C=O) groups excluding carboxylic acids is 2. The third-order valence-corrected chi connectivity index (χ3v) is 5.67. The number of methoxy groups -OCH3 is 1. The molecule has 33 heavy (non-hydrogen) atoms. The van der Waals surface area contributed by atoms with Crippen LogP contribution in [0.5, 0.6) is 17.4 Å². The van der Waals surface area contributed by atoms with Crippen LogP contribution >= 0.6 is 0 Å². The second-order valence-corrected chi connectivity index (χ2v) is 7.85. The Bertz CT molecular complexity index is 1130. The maximum absolute atomic E-state index is 13.5. The summed E-state index contributed by atoms with van der Waals surface area (Å²) < 4.78 is 11.1. The van der Waals surface area contributed by atoms with Gasteiger partial charge >= 0.3 is 0 Å². The fraction of sp³-hybridized carbons (Fsp3) is 0.280. The molecule has 170 valence electrons. The maximum Gasteiger partial charge on any atom is 0.259 e. The average molecular weight is 447 g/mol. The minimum absolute atomic E-state index is 0.0276. The number of hydrogen-bond donors (Lipinski definition) is 0. The first kappa shape index (κ1) is 22.3. The van der Waals surface area contributed by atoms with E-state index in [-0.39, 0.29) is 23.7 Å². The summed E-state index contributed by atoms with van der Waals surface area (Å²) in [5.74, 6) is 1.24. The first-order valence-corrected chi connectivity index (χ1v) is 10.7. The van der Waals surface area contributed by atoms with Gasteiger partial charge in [-0.05, 0) is 48.9 Å². The van der Waals surface area contributed by atoms with E-state index >= 15 is 0 Å². The molecule has 3 heterocycles. The van der Waals surface area contributed by atoms with Crippen molar-refractivity contribution in [2.75, 3.05) is 26.7 Å². The van der Waals surface area contributed by atoms with Gasteiger partial charge in [0.25, 0.3) is 5.91 Å². The Balaban J connectivity index is 1.58. The SMILES string of the molecule is COc1ccc([C@H]2CN(C(=O)c3cccnc3Oc3ccc(C)nc3)CCN2C(C)=O)cc1. The Morgan fingerprint density at radius 3 is 2.42 bits per heavy atom. The first-order chi connectivity index (χ1) is 16.0. The molecule has 0 aliphatic carbocycles. The molecule has 3 aromatic rings. The fourth-order valence-electron chi connectivity index (χ4n) is 3.89. The molecule has 4 rings (SSSR count). The normalized spacial score (nSPS) is 15.8. The van der Waals surface area contributed by atoms with Crippen molar-refractivity contribution >= 4 is 11.8 Å². The second kappa shape index (κ2) is 9.68. The van der Waals surface area contributed by atoms with Gasteiger partial charge in [-0.25, -0.2) is 4.98 Å². The van der Waals surface area contributed by atoms with Crippen LogP contribution in [0.4, 0.5) is 0 Å². The second-order valence-electron chi connectivity index (χ2n) is 7.85. The van der Waals surface area contributed by atoms with Crippen LogP contribution in [-0.2, 0) is 4.79 Å². The number of pyridine rings is 2. The minimum Gasteiger partial charge on any atom is -0.497 e. The number of nitrogens with zero attached hydrogens (tertiary/aromatic N) is 4.